The first-order valence-electron chi connectivity index (χ1n) is 6.91. The number of hydrogen-bond donors (Lipinski definition) is 5. The summed E-state index contributed by atoms with van der Waals surface area (Å²) in [5.74, 6) is -0.450. The van der Waals surface area contributed by atoms with Crippen molar-refractivity contribution in [3.05, 3.63) is 29.8 Å². The molecule has 0 aliphatic heterocycles. The third-order valence-electron chi connectivity index (χ3n) is 2.96. The topological polar surface area (TPSA) is 134 Å². The van der Waals surface area contributed by atoms with E-state index in [1.165, 1.54) is 0 Å². The van der Waals surface area contributed by atoms with Gasteiger partial charge in [-0.3, -0.25) is 4.79 Å². The van der Waals surface area contributed by atoms with Crippen molar-refractivity contribution in [1.82, 2.24) is 10.6 Å². The number of anilines is 1. The summed E-state index contributed by atoms with van der Waals surface area (Å²) in [4.78, 5) is 33.6. The molecule has 1 atom stereocenters. The van der Waals surface area contributed by atoms with Crippen LogP contribution in [0.4, 0.5) is 15.3 Å². The molecular formula is C14H19IN4O4. The second-order valence-corrected chi connectivity index (χ2v) is 5.52. The number of benzene rings is 1. The Balaban J connectivity index is 2.59. The Bertz CT molecular complexity index is 550. The first kappa shape index (κ1) is 19.0. The van der Waals surface area contributed by atoms with Gasteiger partial charge in [-0.1, -0.05) is 34.7 Å². The molecule has 0 aliphatic rings. The molecule has 4 amide bonds. The van der Waals surface area contributed by atoms with E-state index in [9.17, 15) is 14.4 Å². The van der Waals surface area contributed by atoms with Crippen molar-refractivity contribution >= 4 is 46.3 Å². The summed E-state index contributed by atoms with van der Waals surface area (Å²) in [6.45, 7) is 0.269. The van der Waals surface area contributed by atoms with E-state index in [1.54, 1.807) is 12.1 Å². The van der Waals surface area contributed by atoms with Crippen LogP contribution in [-0.4, -0.2) is 35.7 Å². The number of nitrogens with two attached hydrogens (primary N) is 1. The van der Waals surface area contributed by atoms with E-state index in [0.29, 0.717) is 12.1 Å². The van der Waals surface area contributed by atoms with Crippen LogP contribution in [0.2, 0.25) is 0 Å². The van der Waals surface area contributed by atoms with Crippen LogP contribution in [0.15, 0.2) is 24.3 Å². The van der Waals surface area contributed by atoms with Gasteiger partial charge < -0.3 is 26.8 Å². The second kappa shape index (κ2) is 9.87. The summed E-state index contributed by atoms with van der Waals surface area (Å²) < 4.78 is 0.863. The Hall–Kier alpha value is -2.04. The molecule has 8 nitrogen and oxygen atoms in total. The number of alkyl halides is 1. The van der Waals surface area contributed by atoms with E-state index in [4.69, 9.17) is 10.8 Å². The number of nitrogens with one attached hydrogen (secondary N) is 3. The van der Waals surface area contributed by atoms with Gasteiger partial charge in [-0.15, -0.1) is 0 Å². The molecule has 6 N–H and O–H groups in total. The third-order valence-corrected chi connectivity index (χ3v) is 3.84. The number of carbonyl (C=O) groups excluding carboxylic acids is 2. The fraction of sp³-hybridized carbons (Fsp3) is 0.357. The number of urea groups is 1. The van der Waals surface area contributed by atoms with Crippen molar-refractivity contribution in [2.24, 2.45) is 5.73 Å². The minimum absolute atomic E-state index is 0.240. The zero-order valence-electron chi connectivity index (χ0n) is 12.3. The Morgan fingerprint density at radius 2 is 1.87 bits per heavy atom. The summed E-state index contributed by atoms with van der Waals surface area (Å²) in [6.07, 6.45) is -0.632. The van der Waals surface area contributed by atoms with Crippen molar-refractivity contribution in [3.63, 3.8) is 0 Å². The van der Waals surface area contributed by atoms with Gasteiger partial charge in [0.15, 0.2) is 0 Å². The monoisotopic (exact) mass is 434 g/mol. The molecule has 9 heteroatoms. The number of carbonyl (C=O) groups is 3. The fourth-order valence-electron chi connectivity index (χ4n) is 1.84. The highest BCUT2D eigenvalue weighted by Gasteiger charge is 2.20. The van der Waals surface area contributed by atoms with Gasteiger partial charge in [-0.25, -0.2) is 9.59 Å². The second-order valence-electron chi connectivity index (χ2n) is 4.76. The maximum Gasteiger partial charge on any atom is 0.405 e. The van der Waals surface area contributed by atoms with Crippen molar-refractivity contribution in [1.29, 1.82) is 0 Å². The van der Waals surface area contributed by atoms with E-state index in [2.05, 4.69) is 38.5 Å². The zero-order chi connectivity index (χ0) is 17.2. The van der Waals surface area contributed by atoms with Gasteiger partial charge in [-0.2, -0.15) is 0 Å². The van der Waals surface area contributed by atoms with E-state index < -0.39 is 24.1 Å². The Morgan fingerprint density at radius 1 is 1.22 bits per heavy atom. The lowest BCUT2D eigenvalue weighted by Gasteiger charge is -2.17. The van der Waals surface area contributed by atoms with Crippen molar-refractivity contribution in [2.45, 2.75) is 23.3 Å². The molecule has 0 unspecified atom stereocenters. The molecule has 0 fully saturated rings. The van der Waals surface area contributed by atoms with Gasteiger partial charge in [0, 0.05) is 16.7 Å². The molecule has 0 radical (unpaired) electrons. The molecule has 0 saturated carbocycles. The summed E-state index contributed by atoms with van der Waals surface area (Å²) in [7, 11) is 0. The Morgan fingerprint density at radius 3 is 2.39 bits per heavy atom. The standard InChI is InChI=1S/C14H19IN4O4/c15-8-9-3-5-10(6-4-9)18-12(20)11(19-14(22)23)2-1-7-17-13(16)21/h3-6,11,19H,1-2,7-8H2,(H,18,20)(H,22,23)(H3,16,17,21)/t11-/m0/s1. The van der Waals surface area contributed by atoms with Crippen LogP contribution in [0.25, 0.3) is 0 Å². The van der Waals surface area contributed by atoms with Gasteiger partial charge in [0.25, 0.3) is 0 Å². The molecule has 0 aliphatic carbocycles. The van der Waals surface area contributed by atoms with Crippen LogP contribution >= 0.6 is 22.6 Å². The number of rotatable bonds is 8. The van der Waals surface area contributed by atoms with Crippen molar-refractivity contribution < 1.29 is 19.5 Å². The normalized spacial score (nSPS) is 11.3. The highest BCUT2D eigenvalue weighted by Crippen LogP contribution is 2.13. The minimum atomic E-state index is -1.28. The quantitative estimate of drug-likeness (QED) is 0.242. The van der Waals surface area contributed by atoms with Crippen LogP contribution < -0.4 is 21.7 Å². The zero-order valence-corrected chi connectivity index (χ0v) is 14.5. The van der Waals surface area contributed by atoms with Crippen molar-refractivity contribution in [2.75, 3.05) is 11.9 Å². The predicted octanol–water partition coefficient (Wildman–Crippen LogP) is 1.64. The fourth-order valence-corrected chi connectivity index (χ4v) is 2.35. The summed E-state index contributed by atoms with van der Waals surface area (Å²) >= 11 is 2.24. The lowest BCUT2D eigenvalue weighted by molar-refractivity contribution is -0.118. The first-order chi connectivity index (χ1) is 10.9. The smallest absolute Gasteiger partial charge is 0.405 e. The average molecular weight is 434 g/mol. The van der Waals surface area contributed by atoms with E-state index in [0.717, 1.165) is 9.99 Å². The molecule has 0 bridgehead atoms. The van der Waals surface area contributed by atoms with Gasteiger partial charge in [0.2, 0.25) is 5.91 Å². The maximum atomic E-state index is 12.2. The van der Waals surface area contributed by atoms with E-state index in [-0.39, 0.29) is 13.0 Å². The molecule has 0 saturated heterocycles. The number of amides is 4. The molecule has 1 rings (SSSR count). The van der Waals surface area contributed by atoms with Crippen LogP contribution in [0.1, 0.15) is 18.4 Å². The first-order valence-corrected chi connectivity index (χ1v) is 8.43. The SMILES string of the molecule is NC(=O)NCCC[C@H](NC(=O)O)C(=O)Nc1ccc(CI)cc1. The Labute approximate surface area is 147 Å². The van der Waals surface area contributed by atoms with Gasteiger partial charge in [0.1, 0.15) is 6.04 Å². The number of halogens is 1. The van der Waals surface area contributed by atoms with Gasteiger partial charge >= 0.3 is 12.1 Å². The molecule has 126 valence electrons. The molecule has 0 aromatic heterocycles. The lowest BCUT2D eigenvalue weighted by atomic mass is 10.1. The largest absolute Gasteiger partial charge is 0.465 e. The Kier molecular flexibility index (Phi) is 8.16. The molecule has 0 spiro atoms. The molecule has 1 aromatic rings. The maximum absolute atomic E-state index is 12.2. The predicted molar refractivity (Wildman–Crippen MR) is 94.6 cm³/mol. The van der Waals surface area contributed by atoms with Crippen LogP contribution in [0.5, 0.6) is 0 Å². The molecule has 23 heavy (non-hydrogen) atoms. The summed E-state index contributed by atoms with van der Waals surface area (Å²) in [5, 5.41) is 16.1. The van der Waals surface area contributed by atoms with Crippen molar-refractivity contribution in [3.8, 4) is 0 Å². The molecular weight excluding hydrogens is 415 g/mol. The number of primary amides is 1. The highest BCUT2D eigenvalue weighted by molar-refractivity contribution is 14.1. The molecule has 1 aromatic carbocycles. The summed E-state index contributed by atoms with van der Waals surface area (Å²) in [5.41, 5.74) is 6.66. The number of hydrogen-bond acceptors (Lipinski definition) is 3. The van der Waals surface area contributed by atoms with E-state index in [1.807, 2.05) is 12.1 Å². The van der Waals surface area contributed by atoms with E-state index >= 15 is 0 Å². The third kappa shape index (κ3) is 7.68. The van der Waals surface area contributed by atoms with Crippen LogP contribution in [0.3, 0.4) is 0 Å². The summed E-state index contributed by atoms with van der Waals surface area (Å²) in [6, 6.07) is 5.73. The van der Waals surface area contributed by atoms with Gasteiger partial charge in [-0.05, 0) is 30.5 Å². The average Bonchev–Trinajstić information content (AvgIpc) is 2.50. The van der Waals surface area contributed by atoms with Crippen LogP contribution in [0, 0.1) is 0 Å². The molecule has 0 heterocycles. The minimum Gasteiger partial charge on any atom is -0.465 e. The highest BCUT2D eigenvalue weighted by atomic mass is 127. The number of carboxylic acid groups (broad SMARTS) is 1. The van der Waals surface area contributed by atoms with Gasteiger partial charge in [0.05, 0.1) is 0 Å². The lowest BCUT2D eigenvalue weighted by Crippen LogP contribution is -2.43. The van der Waals surface area contributed by atoms with Crippen LogP contribution in [-0.2, 0) is 9.22 Å².